The highest BCUT2D eigenvalue weighted by Gasteiger charge is 2.39. The first-order chi connectivity index (χ1) is 19.1. The number of benzene rings is 1. The molecular formula is C26H27F3N8O3. The van der Waals surface area contributed by atoms with Gasteiger partial charge in [0.2, 0.25) is 0 Å². The molecule has 14 heteroatoms. The number of carbonyl (C=O) groups excluding carboxylic acids is 2. The van der Waals surface area contributed by atoms with Crippen LogP contribution in [-0.4, -0.2) is 68.2 Å². The third-order valence-electron chi connectivity index (χ3n) is 6.38. The fraction of sp³-hybridized carbons (Fsp3) is 0.346. The first kappa shape index (κ1) is 27.0. The minimum absolute atomic E-state index is 0.0758. The molecule has 4 amide bonds. The van der Waals surface area contributed by atoms with E-state index in [9.17, 15) is 22.8 Å². The molecule has 2 aliphatic rings. The fourth-order valence-corrected chi connectivity index (χ4v) is 4.53. The Labute approximate surface area is 227 Å². The Kier molecular flexibility index (Phi) is 7.32. The second-order valence-electron chi connectivity index (χ2n) is 9.81. The highest BCUT2D eigenvalue weighted by atomic mass is 19.1. The number of nitrogens with one attached hydrogen (secondary N) is 2. The number of carbonyl (C=O) groups is 2. The summed E-state index contributed by atoms with van der Waals surface area (Å²) < 4.78 is 49.4. The number of amides is 4. The van der Waals surface area contributed by atoms with E-state index in [1.807, 2.05) is 13.8 Å². The van der Waals surface area contributed by atoms with E-state index in [0.29, 0.717) is 29.1 Å². The van der Waals surface area contributed by atoms with E-state index < -0.39 is 41.7 Å². The zero-order chi connectivity index (χ0) is 28.6. The van der Waals surface area contributed by atoms with Gasteiger partial charge in [-0.05, 0) is 31.5 Å². The molecule has 5 rings (SSSR count). The molecule has 3 aromatic rings. The van der Waals surface area contributed by atoms with Gasteiger partial charge in [-0.25, -0.2) is 27.8 Å². The largest absolute Gasteiger partial charge is 0.483 e. The molecule has 1 fully saturated rings. The number of hydrogen-bond donors (Lipinski definition) is 2. The molecule has 0 radical (unpaired) electrons. The summed E-state index contributed by atoms with van der Waals surface area (Å²) in [5.41, 5.74) is 1.44. The quantitative estimate of drug-likeness (QED) is 0.475. The van der Waals surface area contributed by atoms with Crippen LogP contribution in [0.5, 0.6) is 5.75 Å². The van der Waals surface area contributed by atoms with E-state index in [2.05, 4.69) is 25.8 Å². The molecule has 1 unspecified atom stereocenters. The van der Waals surface area contributed by atoms with Gasteiger partial charge >= 0.3 is 12.1 Å². The monoisotopic (exact) mass is 556 g/mol. The number of hydrazone groups is 1. The van der Waals surface area contributed by atoms with Crippen LogP contribution < -0.4 is 15.4 Å². The molecule has 0 saturated carbocycles. The van der Waals surface area contributed by atoms with Crippen LogP contribution in [-0.2, 0) is 7.05 Å². The van der Waals surface area contributed by atoms with Crippen molar-refractivity contribution >= 4 is 24.0 Å². The summed E-state index contributed by atoms with van der Waals surface area (Å²) in [6.07, 6.45) is 3.80. The minimum atomic E-state index is -0.738. The van der Waals surface area contributed by atoms with Gasteiger partial charge in [0, 0.05) is 37.9 Å². The third-order valence-corrected chi connectivity index (χ3v) is 6.38. The molecule has 1 saturated heterocycles. The molecule has 4 heterocycles. The molecule has 40 heavy (non-hydrogen) atoms. The highest BCUT2D eigenvalue weighted by Crippen LogP contribution is 2.33. The molecule has 1 atom stereocenters. The molecule has 2 aliphatic heterocycles. The standard InChI is InChI=1S/C26H27F3N8O3/c1-14(2)33-25(38)34-21-11-32-35(3)24(21)20-9-23(19(29)10-30-20)40-18-12-36(13-18)26(39)37-22(4-5-31-37)15-6-16(27)8-17(28)7-15/h5-11,14,18,22H,4,12-13H2,1-3H3,(H2,33,34,38). The average Bonchev–Trinajstić information content (AvgIpc) is 3.48. The van der Waals surface area contributed by atoms with Gasteiger partial charge in [0.25, 0.3) is 0 Å². The van der Waals surface area contributed by atoms with Gasteiger partial charge in [-0.1, -0.05) is 0 Å². The molecule has 1 aromatic carbocycles. The molecule has 0 spiro atoms. The number of rotatable bonds is 6. The predicted octanol–water partition coefficient (Wildman–Crippen LogP) is 4.05. The zero-order valence-corrected chi connectivity index (χ0v) is 21.9. The van der Waals surface area contributed by atoms with Crippen molar-refractivity contribution in [3.05, 3.63) is 59.7 Å². The number of anilines is 1. The van der Waals surface area contributed by atoms with Gasteiger partial charge in [-0.15, -0.1) is 0 Å². The van der Waals surface area contributed by atoms with Crippen molar-refractivity contribution < 1.29 is 27.5 Å². The van der Waals surface area contributed by atoms with Crippen LogP contribution in [0.1, 0.15) is 31.9 Å². The van der Waals surface area contributed by atoms with E-state index in [1.165, 1.54) is 45.2 Å². The number of likely N-dealkylation sites (tertiary alicyclic amines) is 1. The second kappa shape index (κ2) is 10.9. The Morgan fingerprint density at radius 1 is 1.07 bits per heavy atom. The summed E-state index contributed by atoms with van der Waals surface area (Å²) in [6, 6.07) is 2.93. The van der Waals surface area contributed by atoms with Gasteiger partial charge in [0.05, 0.1) is 42.9 Å². The summed E-state index contributed by atoms with van der Waals surface area (Å²) in [6.45, 7) is 3.96. The molecule has 210 valence electrons. The Morgan fingerprint density at radius 2 is 1.80 bits per heavy atom. The van der Waals surface area contributed by atoms with Crippen LogP contribution in [0, 0.1) is 17.5 Å². The lowest BCUT2D eigenvalue weighted by Crippen LogP contribution is -2.58. The van der Waals surface area contributed by atoms with Gasteiger partial charge in [0.1, 0.15) is 23.4 Å². The summed E-state index contributed by atoms with van der Waals surface area (Å²) in [7, 11) is 1.66. The summed E-state index contributed by atoms with van der Waals surface area (Å²) in [5, 5.41) is 14.9. The normalized spacial score (nSPS) is 16.8. The third kappa shape index (κ3) is 5.55. The molecular weight excluding hydrogens is 529 g/mol. The smallest absolute Gasteiger partial charge is 0.341 e. The van der Waals surface area contributed by atoms with E-state index in [-0.39, 0.29) is 24.9 Å². The van der Waals surface area contributed by atoms with Crippen molar-refractivity contribution in [2.45, 2.75) is 38.5 Å². The molecule has 2 N–H and O–H groups in total. The maximum Gasteiger partial charge on any atom is 0.341 e. The number of nitrogens with zero attached hydrogens (tertiary/aromatic N) is 6. The first-order valence-electron chi connectivity index (χ1n) is 12.6. The summed E-state index contributed by atoms with van der Waals surface area (Å²) in [4.78, 5) is 30.8. The number of halogens is 3. The van der Waals surface area contributed by atoms with Crippen molar-refractivity contribution in [3.8, 4) is 17.1 Å². The van der Waals surface area contributed by atoms with Crippen molar-refractivity contribution in [2.75, 3.05) is 18.4 Å². The Morgan fingerprint density at radius 3 is 2.50 bits per heavy atom. The lowest BCUT2D eigenvalue weighted by molar-refractivity contribution is 0.0256. The number of aromatic nitrogens is 3. The second-order valence-corrected chi connectivity index (χ2v) is 9.81. The molecule has 11 nitrogen and oxygen atoms in total. The Hall–Kier alpha value is -4.62. The van der Waals surface area contributed by atoms with Gasteiger partial charge in [-0.3, -0.25) is 9.67 Å². The molecule has 0 bridgehead atoms. The minimum Gasteiger partial charge on any atom is -0.483 e. The van der Waals surface area contributed by atoms with E-state index in [1.54, 1.807) is 7.05 Å². The maximum absolute atomic E-state index is 14.6. The van der Waals surface area contributed by atoms with Crippen LogP contribution in [0.2, 0.25) is 0 Å². The Bertz CT molecular complexity index is 1450. The average molecular weight is 557 g/mol. The molecule has 2 aromatic heterocycles. The van der Waals surface area contributed by atoms with Crippen molar-refractivity contribution in [2.24, 2.45) is 12.1 Å². The van der Waals surface area contributed by atoms with Crippen molar-refractivity contribution in [1.29, 1.82) is 0 Å². The molecule has 0 aliphatic carbocycles. The van der Waals surface area contributed by atoms with Gasteiger partial charge in [-0.2, -0.15) is 10.2 Å². The van der Waals surface area contributed by atoms with Gasteiger partial charge < -0.3 is 20.3 Å². The zero-order valence-electron chi connectivity index (χ0n) is 21.9. The van der Waals surface area contributed by atoms with E-state index in [0.717, 1.165) is 12.3 Å². The van der Waals surface area contributed by atoms with Crippen LogP contribution in [0.4, 0.5) is 28.4 Å². The number of urea groups is 2. The van der Waals surface area contributed by atoms with Crippen LogP contribution >= 0.6 is 0 Å². The number of pyridine rings is 1. The lowest BCUT2D eigenvalue weighted by atomic mass is 10.0. The fourth-order valence-electron chi connectivity index (χ4n) is 4.53. The van der Waals surface area contributed by atoms with Crippen LogP contribution in [0.15, 0.2) is 41.8 Å². The van der Waals surface area contributed by atoms with Crippen LogP contribution in [0.25, 0.3) is 11.4 Å². The van der Waals surface area contributed by atoms with Gasteiger partial charge in [0.15, 0.2) is 11.6 Å². The predicted molar refractivity (Wildman–Crippen MR) is 139 cm³/mol. The topological polar surface area (TPSA) is 117 Å². The summed E-state index contributed by atoms with van der Waals surface area (Å²) >= 11 is 0. The number of ether oxygens (including phenoxy) is 1. The SMILES string of the molecule is CC(C)NC(=O)Nc1cnn(C)c1-c1cc(OC2CN(C(=O)N3N=CCC3c3cc(F)cc(F)c3)C2)c(F)cn1. The lowest BCUT2D eigenvalue weighted by Gasteiger charge is -2.41. The van der Waals surface area contributed by atoms with Crippen LogP contribution in [0.3, 0.4) is 0 Å². The Balaban J connectivity index is 1.25. The first-order valence-corrected chi connectivity index (χ1v) is 12.6. The summed E-state index contributed by atoms with van der Waals surface area (Å²) in [5.74, 6) is -2.25. The van der Waals surface area contributed by atoms with Crippen molar-refractivity contribution in [1.82, 2.24) is 30.0 Å². The van der Waals surface area contributed by atoms with Crippen molar-refractivity contribution in [3.63, 3.8) is 0 Å². The van der Waals surface area contributed by atoms with E-state index >= 15 is 0 Å². The van der Waals surface area contributed by atoms with E-state index in [4.69, 9.17) is 4.74 Å². The maximum atomic E-state index is 14.6. The number of aryl methyl sites for hydroxylation is 1. The number of hydrogen-bond acceptors (Lipinski definition) is 6. The highest BCUT2D eigenvalue weighted by molar-refractivity contribution is 5.93.